The minimum Gasteiger partial charge on any atom is -0.496 e. The second-order valence-corrected chi connectivity index (χ2v) is 7.03. The van der Waals surface area contributed by atoms with Crippen LogP contribution in [0.15, 0.2) is 72.8 Å². The van der Waals surface area contributed by atoms with E-state index in [-0.39, 0.29) is 6.01 Å². The molecule has 0 aliphatic carbocycles. The van der Waals surface area contributed by atoms with E-state index in [0.29, 0.717) is 18.0 Å². The Morgan fingerprint density at radius 3 is 2.44 bits per heavy atom. The van der Waals surface area contributed by atoms with Crippen LogP contribution in [-0.4, -0.2) is 41.0 Å². The summed E-state index contributed by atoms with van der Waals surface area (Å²) in [7, 11) is 3.31. The van der Waals surface area contributed by atoms with Gasteiger partial charge in [-0.1, -0.05) is 47.6 Å². The summed E-state index contributed by atoms with van der Waals surface area (Å²) in [6, 6.07) is 23.7. The minimum atomic E-state index is 0.261. The quantitative estimate of drug-likeness (QED) is 0.382. The number of ether oxygens (including phenoxy) is 3. The van der Waals surface area contributed by atoms with E-state index in [1.807, 2.05) is 66.7 Å². The van der Waals surface area contributed by atoms with E-state index in [0.717, 1.165) is 30.0 Å². The molecule has 0 aliphatic heterocycles. The molecule has 0 amide bonds. The van der Waals surface area contributed by atoms with Crippen molar-refractivity contribution in [2.75, 3.05) is 20.8 Å². The van der Waals surface area contributed by atoms with Crippen LogP contribution in [0.5, 0.6) is 23.3 Å². The summed E-state index contributed by atoms with van der Waals surface area (Å²) in [5, 5.41) is 15.2. The lowest BCUT2D eigenvalue weighted by Gasteiger charge is -2.12. The van der Waals surface area contributed by atoms with Gasteiger partial charge in [0.2, 0.25) is 0 Å². The molecule has 8 heteroatoms. The molecule has 1 heterocycles. The van der Waals surface area contributed by atoms with Crippen molar-refractivity contribution in [1.29, 1.82) is 0 Å². The van der Waals surface area contributed by atoms with E-state index < -0.39 is 0 Å². The number of tetrazole rings is 1. The Morgan fingerprint density at radius 2 is 1.62 bits per heavy atom. The fourth-order valence-electron chi connectivity index (χ4n) is 3.34. The molecule has 0 saturated carbocycles. The number of rotatable bonds is 10. The average Bonchev–Trinajstić information content (AvgIpc) is 3.31. The Bertz CT molecular complexity index is 1150. The highest BCUT2D eigenvalue weighted by atomic mass is 16.5. The molecule has 0 bridgehead atoms. The highest BCUT2D eigenvalue weighted by molar-refractivity contribution is 5.44. The van der Waals surface area contributed by atoms with Crippen LogP contribution in [0.2, 0.25) is 0 Å². The molecule has 32 heavy (non-hydrogen) atoms. The third-order valence-corrected chi connectivity index (χ3v) is 4.96. The first-order valence-electron chi connectivity index (χ1n) is 10.3. The molecule has 4 rings (SSSR count). The summed E-state index contributed by atoms with van der Waals surface area (Å²) < 4.78 is 18.4. The number of nitrogens with one attached hydrogen (secondary N) is 1. The van der Waals surface area contributed by atoms with Crippen LogP contribution in [0.3, 0.4) is 0 Å². The van der Waals surface area contributed by atoms with Crippen LogP contribution >= 0.6 is 0 Å². The van der Waals surface area contributed by atoms with Gasteiger partial charge in [0.1, 0.15) is 5.75 Å². The van der Waals surface area contributed by atoms with Crippen molar-refractivity contribution in [2.45, 2.75) is 13.0 Å². The van der Waals surface area contributed by atoms with Crippen LogP contribution in [0.1, 0.15) is 11.1 Å². The number of hydrogen-bond donors (Lipinski definition) is 1. The van der Waals surface area contributed by atoms with Crippen molar-refractivity contribution in [1.82, 2.24) is 25.5 Å². The lowest BCUT2D eigenvalue weighted by Crippen LogP contribution is -2.17. The third kappa shape index (κ3) is 5.04. The molecule has 0 unspecified atom stereocenters. The molecule has 0 spiro atoms. The van der Waals surface area contributed by atoms with E-state index in [2.05, 4.69) is 26.9 Å². The van der Waals surface area contributed by atoms with Gasteiger partial charge in [-0.05, 0) is 64.9 Å². The van der Waals surface area contributed by atoms with E-state index in [1.54, 1.807) is 14.2 Å². The largest absolute Gasteiger partial charge is 0.496 e. The minimum absolute atomic E-state index is 0.261. The molecule has 0 atom stereocenters. The number of hydrogen-bond acceptors (Lipinski definition) is 7. The second-order valence-electron chi connectivity index (χ2n) is 7.03. The Balaban J connectivity index is 1.39. The monoisotopic (exact) mass is 431 g/mol. The first-order valence-corrected chi connectivity index (χ1v) is 10.3. The molecule has 0 fully saturated rings. The smallest absolute Gasteiger partial charge is 0.346 e. The van der Waals surface area contributed by atoms with Gasteiger partial charge >= 0.3 is 6.01 Å². The summed E-state index contributed by atoms with van der Waals surface area (Å²) in [6.45, 7) is 1.53. The zero-order valence-electron chi connectivity index (χ0n) is 18.1. The Kier molecular flexibility index (Phi) is 6.94. The molecule has 8 nitrogen and oxygen atoms in total. The maximum Gasteiger partial charge on any atom is 0.346 e. The highest BCUT2D eigenvalue weighted by Gasteiger charge is 2.14. The highest BCUT2D eigenvalue weighted by Crippen LogP contribution is 2.32. The molecular formula is C24H25N5O3. The van der Waals surface area contributed by atoms with Gasteiger partial charge < -0.3 is 19.5 Å². The molecule has 1 N–H and O–H groups in total. The molecule has 3 aromatic carbocycles. The van der Waals surface area contributed by atoms with E-state index in [4.69, 9.17) is 14.2 Å². The summed E-state index contributed by atoms with van der Waals surface area (Å²) in [4.78, 5) is 0. The first-order chi connectivity index (χ1) is 15.8. The zero-order chi connectivity index (χ0) is 22.2. The normalized spacial score (nSPS) is 10.7. The van der Waals surface area contributed by atoms with E-state index in [9.17, 15) is 0 Å². The van der Waals surface area contributed by atoms with Crippen molar-refractivity contribution < 1.29 is 14.2 Å². The second kappa shape index (κ2) is 10.4. The third-order valence-electron chi connectivity index (χ3n) is 4.96. The van der Waals surface area contributed by atoms with Gasteiger partial charge in [0.05, 0.1) is 19.9 Å². The van der Waals surface area contributed by atoms with Gasteiger partial charge in [-0.25, -0.2) is 0 Å². The number of benzene rings is 3. The van der Waals surface area contributed by atoms with Crippen LogP contribution in [0, 0.1) is 0 Å². The van der Waals surface area contributed by atoms with Crippen molar-refractivity contribution in [3.05, 3.63) is 83.9 Å². The van der Waals surface area contributed by atoms with Gasteiger partial charge in [-0.15, -0.1) is 0 Å². The number of methoxy groups -OCH3 is 2. The summed E-state index contributed by atoms with van der Waals surface area (Å²) in [5.74, 6) is 2.06. The number of aromatic nitrogens is 4. The first kappa shape index (κ1) is 21.3. The maximum absolute atomic E-state index is 5.96. The SMILES string of the molecule is COc1ccccc1CCNCc1ccc(Oc2nnnn2-c2ccccc2)c(OC)c1. The lowest BCUT2D eigenvalue weighted by atomic mass is 10.1. The molecule has 0 aliphatic rings. The summed E-state index contributed by atoms with van der Waals surface area (Å²) in [6.07, 6.45) is 0.879. The van der Waals surface area contributed by atoms with Crippen LogP contribution in [-0.2, 0) is 13.0 Å². The Morgan fingerprint density at radius 1 is 0.844 bits per heavy atom. The molecule has 0 saturated heterocycles. The summed E-state index contributed by atoms with van der Waals surface area (Å²) >= 11 is 0. The van der Waals surface area contributed by atoms with Crippen molar-refractivity contribution >= 4 is 0 Å². The predicted octanol–water partition coefficient (Wildman–Crippen LogP) is 3.80. The molecular weight excluding hydrogens is 406 g/mol. The Hall–Kier alpha value is -3.91. The molecule has 4 aromatic rings. The van der Waals surface area contributed by atoms with Crippen LogP contribution < -0.4 is 19.5 Å². The summed E-state index contributed by atoms with van der Waals surface area (Å²) in [5.41, 5.74) is 3.07. The van der Waals surface area contributed by atoms with Crippen molar-refractivity contribution in [2.24, 2.45) is 0 Å². The topological polar surface area (TPSA) is 83.3 Å². The standard InChI is InChI=1S/C24H25N5O3/c1-30-21-11-7-6-8-19(21)14-15-25-17-18-12-13-22(23(16-18)31-2)32-24-26-27-28-29(24)20-9-4-3-5-10-20/h3-13,16,25H,14-15,17H2,1-2H3. The fraction of sp³-hybridized carbons (Fsp3) is 0.208. The average molecular weight is 431 g/mol. The number of para-hydroxylation sites is 2. The van der Waals surface area contributed by atoms with Crippen molar-refractivity contribution in [3.63, 3.8) is 0 Å². The fourth-order valence-corrected chi connectivity index (χ4v) is 3.34. The van der Waals surface area contributed by atoms with Crippen LogP contribution in [0.25, 0.3) is 5.69 Å². The molecule has 0 radical (unpaired) electrons. The van der Waals surface area contributed by atoms with Crippen molar-refractivity contribution in [3.8, 4) is 28.9 Å². The molecule has 1 aromatic heterocycles. The zero-order valence-corrected chi connectivity index (χ0v) is 18.1. The molecule has 164 valence electrons. The van der Waals surface area contributed by atoms with Gasteiger partial charge in [0.15, 0.2) is 11.5 Å². The predicted molar refractivity (Wildman–Crippen MR) is 121 cm³/mol. The van der Waals surface area contributed by atoms with Gasteiger partial charge in [0.25, 0.3) is 0 Å². The van der Waals surface area contributed by atoms with Gasteiger partial charge in [0, 0.05) is 6.54 Å². The maximum atomic E-state index is 5.96. The van der Waals surface area contributed by atoms with Crippen LogP contribution in [0.4, 0.5) is 0 Å². The van der Waals surface area contributed by atoms with Gasteiger partial charge in [-0.2, -0.15) is 4.68 Å². The van der Waals surface area contributed by atoms with Gasteiger partial charge in [-0.3, -0.25) is 0 Å². The van der Waals surface area contributed by atoms with E-state index >= 15 is 0 Å². The lowest BCUT2D eigenvalue weighted by molar-refractivity contribution is 0.362. The Labute approximate surface area is 186 Å². The number of nitrogens with zero attached hydrogens (tertiary/aromatic N) is 4. The van der Waals surface area contributed by atoms with E-state index in [1.165, 1.54) is 10.2 Å².